The van der Waals surface area contributed by atoms with Crippen molar-refractivity contribution in [3.63, 3.8) is 0 Å². The summed E-state index contributed by atoms with van der Waals surface area (Å²) >= 11 is 1.40. The van der Waals surface area contributed by atoms with E-state index >= 15 is 0 Å². The van der Waals surface area contributed by atoms with Gasteiger partial charge in [-0.25, -0.2) is 22.9 Å². The molecule has 0 saturated carbocycles. The third-order valence-electron chi connectivity index (χ3n) is 8.71. The van der Waals surface area contributed by atoms with Gasteiger partial charge >= 0.3 is 5.76 Å². The molecule has 0 bridgehead atoms. The molecule has 0 spiro atoms. The molecule has 4 aromatic heterocycles. The number of anilines is 1. The normalized spacial score (nSPS) is 15.4. The third-order valence-corrected chi connectivity index (χ3v) is 9.88. The molecular formula is C34H25F3N6O3S. The molecular weight excluding hydrogens is 629 g/mol. The minimum absolute atomic E-state index is 0.130. The SMILES string of the molecule is O=C1c2c(nc(CCc3ccc(F)cc3)c(-c3noc(=O)[nH]3)c2-c2cc3ccnc(NCc4ccc(F)c(F)c4)c3s2)[C@H]2CCCN12. The Morgan fingerprint density at radius 2 is 1.79 bits per heavy atom. The van der Waals surface area contributed by atoms with Gasteiger partial charge in [0, 0.05) is 29.7 Å². The van der Waals surface area contributed by atoms with Gasteiger partial charge < -0.3 is 10.2 Å². The zero-order valence-corrected chi connectivity index (χ0v) is 25.5. The number of nitrogens with zero attached hydrogens (tertiary/aromatic N) is 4. The first-order chi connectivity index (χ1) is 22.8. The van der Waals surface area contributed by atoms with Crippen LogP contribution in [-0.4, -0.2) is 37.5 Å². The van der Waals surface area contributed by atoms with Crippen molar-refractivity contribution in [2.45, 2.75) is 38.3 Å². The number of fused-ring (bicyclic) bond motifs is 4. The second-order valence-corrected chi connectivity index (χ2v) is 12.6. The molecule has 6 heterocycles. The van der Waals surface area contributed by atoms with Crippen LogP contribution in [0.4, 0.5) is 19.0 Å². The van der Waals surface area contributed by atoms with Crippen LogP contribution >= 0.6 is 11.3 Å². The number of halogens is 3. The predicted molar refractivity (Wildman–Crippen MR) is 169 cm³/mol. The Morgan fingerprint density at radius 3 is 2.57 bits per heavy atom. The number of rotatable bonds is 8. The Hall–Kier alpha value is -5.30. The molecule has 0 unspecified atom stereocenters. The van der Waals surface area contributed by atoms with Crippen molar-refractivity contribution in [3.05, 3.63) is 117 Å². The van der Waals surface area contributed by atoms with Gasteiger partial charge in [0.05, 0.1) is 33.3 Å². The molecule has 1 fully saturated rings. The van der Waals surface area contributed by atoms with Crippen LogP contribution in [0.15, 0.2) is 70.1 Å². The number of aromatic amines is 1. The highest BCUT2D eigenvalue weighted by Gasteiger charge is 2.44. The van der Waals surface area contributed by atoms with Gasteiger partial charge in [-0.15, -0.1) is 11.3 Å². The van der Waals surface area contributed by atoms with Gasteiger partial charge in [0.25, 0.3) is 5.91 Å². The Labute approximate surface area is 269 Å². The van der Waals surface area contributed by atoms with Crippen molar-refractivity contribution in [1.82, 2.24) is 25.0 Å². The Bertz CT molecular complexity index is 2250. The second kappa shape index (κ2) is 11.5. The lowest BCUT2D eigenvalue weighted by Gasteiger charge is -2.16. The lowest BCUT2D eigenvalue weighted by atomic mass is 9.92. The average Bonchev–Trinajstić information content (AvgIpc) is 3.87. The zero-order chi connectivity index (χ0) is 32.2. The van der Waals surface area contributed by atoms with Gasteiger partial charge in [-0.3, -0.25) is 19.3 Å². The van der Waals surface area contributed by atoms with Crippen LogP contribution in [0.3, 0.4) is 0 Å². The number of nitrogens with one attached hydrogen (secondary N) is 2. The average molecular weight is 655 g/mol. The van der Waals surface area contributed by atoms with E-state index in [0.29, 0.717) is 58.8 Å². The molecule has 8 rings (SSSR count). The highest BCUT2D eigenvalue weighted by Crippen LogP contribution is 2.50. The van der Waals surface area contributed by atoms with Gasteiger partial charge in [0.2, 0.25) is 0 Å². The number of carbonyl (C=O) groups is 1. The van der Waals surface area contributed by atoms with Crippen LogP contribution in [0.5, 0.6) is 0 Å². The van der Waals surface area contributed by atoms with E-state index in [1.165, 1.54) is 29.5 Å². The Balaban J connectivity index is 1.28. The maximum atomic E-state index is 14.0. The highest BCUT2D eigenvalue weighted by molar-refractivity contribution is 7.23. The summed E-state index contributed by atoms with van der Waals surface area (Å²) in [7, 11) is 0. The van der Waals surface area contributed by atoms with E-state index in [0.717, 1.165) is 45.5 Å². The number of amides is 1. The summed E-state index contributed by atoms with van der Waals surface area (Å²) in [6.45, 7) is 0.823. The summed E-state index contributed by atoms with van der Waals surface area (Å²) < 4.78 is 46.7. The Kier molecular flexibility index (Phi) is 7.12. The number of hydrogen-bond donors (Lipinski definition) is 2. The van der Waals surface area contributed by atoms with Crippen molar-refractivity contribution >= 4 is 33.1 Å². The molecule has 1 amide bonds. The van der Waals surface area contributed by atoms with Gasteiger partial charge in [-0.1, -0.05) is 23.4 Å². The molecule has 0 aliphatic carbocycles. The molecule has 13 heteroatoms. The molecule has 1 saturated heterocycles. The molecule has 2 aliphatic rings. The fourth-order valence-corrected chi connectivity index (χ4v) is 7.71. The lowest BCUT2D eigenvalue weighted by molar-refractivity contribution is 0.0776. The van der Waals surface area contributed by atoms with Crippen molar-refractivity contribution < 1.29 is 22.5 Å². The standard InChI is InChI=1S/C34H25F3N6O3S/c35-20-7-3-17(4-8-20)6-10-23-26(31-41-34(45)46-42-31)27(28-29(40-23)24-2-1-13-43(24)33(28)44)25-15-19-11-12-38-32(30(19)47-25)39-16-18-5-9-21(36)22(37)14-18/h3-5,7-9,11-12,14-15,24H,1-2,6,10,13,16H2,(H,38,39)(H,41,42,45)/t24-/m1/s1. The fourth-order valence-electron chi connectivity index (χ4n) is 6.53. The number of H-pyrrole nitrogens is 1. The van der Waals surface area contributed by atoms with E-state index in [-0.39, 0.29) is 30.1 Å². The first-order valence-corrected chi connectivity index (χ1v) is 15.9. The molecule has 2 N–H and O–H groups in total. The first kappa shape index (κ1) is 29.1. The van der Waals surface area contributed by atoms with Gasteiger partial charge in [-0.2, -0.15) is 0 Å². The molecule has 6 aromatic rings. The van der Waals surface area contributed by atoms with E-state index in [1.807, 2.05) is 17.0 Å². The van der Waals surface area contributed by atoms with Crippen molar-refractivity contribution in [2.75, 3.05) is 11.9 Å². The van der Waals surface area contributed by atoms with Gasteiger partial charge in [-0.05, 0) is 78.6 Å². The van der Waals surface area contributed by atoms with Crippen molar-refractivity contribution in [3.8, 4) is 21.8 Å². The summed E-state index contributed by atoms with van der Waals surface area (Å²) in [6.07, 6.45) is 4.26. The van der Waals surface area contributed by atoms with Crippen LogP contribution in [-0.2, 0) is 19.4 Å². The largest absolute Gasteiger partial charge is 0.439 e. The molecule has 2 aliphatic heterocycles. The van der Waals surface area contributed by atoms with Crippen LogP contribution in [0.25, 0.3) is 31.9 Å². The lowest BCUT2D eigenvalue weighted by Crippen LogP contribution is -2.22. The number of hydrogen-bond acceptors (Lipinski definition) is 8. The maximum Gasteiger partial charge on any atom is 0.439 e. The van der Waals surface area contributed by atoms with Crippen LogP contribution in [0.1, 0.15) is 51.8 Å². The molecule has 2 aromatic carbocycles. The fraction of sp³-hybridized carbons (Fsp3) is 0.206. The smallest absolute Gasteiger partial charge is 0.365 e. The minimum atomic E-state index is -0.931. The van der Waals surface area contributed by atoms with E-state index < -0.39 is 17.4 Å². The number of aromatic nitrogens is 4. The molecule has 9 nitrogen and oxygen atoms in total. The molecule has 47 heavy (non-hydrogen) atoms. The number of thiophene rings is 1. The van der Waals surface area contributed by atoms with Gasteiger partial charge in [0.15, 0.2) is 17.5 Å². The van der Waals surface area contributed by atoms with E-state index in [1.54, 1.807) is 18.3 Å². The van der Waals surface area contributed by atoms with Crippen molar-refractivity contribution in [2.24, 2.45) is 0 Å². The number of benzene rings is 2. The van der Waals surface area contributed by atoms with E-state index in [4.69, 9.17) is 9.51 Å². The zero-order valence-electron chi connectivity index (χ0n) is 24.6. The minimum Gasteiger partial charge on any atom is -0.365 e. The number of carbonyl (C=O) groups excluding carboxylic acids is 1. The highest BCUT2D eigenvalue weighted by atomic mass is 32.1. The van der Waals surface area contributed by atoms with E-state index in [2.05, 4.69) is 20.4 Å². The monoisotopic (exact) mass is 654 g/mol. The number of aryl methyl sites for hydroxylation is 2. The molecule has 1 atom stereocenters. The van der Waals surface area contributed by atoms with Crippen LogP contribution in [0.2, 0.25) is 0 Å². The van der Waals surface area contributed by atoms with Crippen LogP contribution in [0, 0.1) is 17.5 Å². The summed E-state index contributed by atoms with van der Waals surface area (Å²) in [5, 5.41) is 8.11. The number of pyridine rings is 2. The quantitative estimate of drug-likeness (QED) is 0.185. The summed E-state index contributed by atoms with van der Waals surface area (Å²) in [5.41, 5.74) is 4.32. The maximum absolute atomic E-state index is 14.0. The third kappa shape index (κ3) is 5.16. The predicted octanol–water partition coefficient (Wildman–Crippen LogP) is 6.81. The first-order valence-electron chi connectivity index (χ1n) is 15.1. The topological polar surface area (TPSA) is 117 Å². The molecule has 0 radical (unpaired) electrons. The summed E-state index contributed by atoms with van der Waals surface area (Å²) in [6, 6.07) is 13.6. The van der Waals surface area contributed by atoms with Gasteiger partial charge in [0.1, 0.15) is 11.6 Å². The van der Waals surface area contributed by atoms with Crippen molar-refractivity contribution in [1.29, 1.82) is 0 Å². The summed E-state index contributed by atoms with van der Waals surface area (Å²) in [4.78, 5) is 41.1. The van der Waals surface area contributed by atoms with E-state index in [9.17, 15) is 22.8 Å². The second-order valence-electron chi connectivity index (χ2n) is 11.6. The summed E-state index contributed by atoms with van der Waals surface area (Å²) in [5.74, 6) is -2.36. The van der Waals surface area contributed by atoms with Crippen LogP contribution < -0.4 is 11.1 Å². The molecule has 236 valence electrons. The Morgan fingerprint density at radius 1 is 0.957 bits per heavy atom.